The molecule has 1 aromatic carbocycles. The Morgan fingerprint density at radius 1 is 1.32 bits per heavy atom. The maximum absolute atomic E-state index is 11.1. The van der Waals surface area contributed by atoms with Crippen LogP contribution in [0.5, 0.6) is 0 Å². The number of likely N-dealkylation sites (tertiary alicyclic amines) is 1. The number of fused-ring (bicyclic) bond motifs is 3. The van der Waals surface area contributed by atoms with Crippen LogP contribution in [-0.4, -0.2) is 54.3 Å². The molecule has 3 aromatic heterocycles. The molecule has 1 unspecified atom stereocenters. The lowest BCUT2D eigenvalue weighted by molar-refractivity contribution is 0.154. The van der Waals surface area contributed by atoms with E-state index in [0.717, 1.165) is 39.9 Å². The lowest BCUT2D eigenvalue weighted by Crippen LogP contribution is -2.26. The third kappa shape index (κ3) is 2.72. The number of aromatic amines is 2. The fraction of sp³-hybridized carbons (Fsp3) is 0.263. The molecule has 9 heteroatoms. The van der Waals surface area contributed by atoms with Crippen LogP contribution in [0.4, 0.5) is 10.6 Å². The molecule has 5 N–H and O–H groups in total. The number of pyridine rings is 1. The summed E-state index contributed by atoms with van der Waals surface area (Å²) in [5.41, 5.74) is 10.3. The summed E-state index contributed by atoms with van der Waals surface area (Å²) >= 11 is 0. The number of hydrogen-bond acceptors (Lipinski definition) is 5. The van der Waals surface area contributed by atoms with E-state index in [1.165, 1.54) is 4.90 Å². The third-order valence-electron chi connectivity index (χ3n) is 5.34. The number of nitrogens with one attached hydrogen (secondary N) is 2. The zero-order valence-electron chi connectivity index (χ0n) is 15.0. The van der Waals surface area contributed by atoms with Gasteiger partial charge >= 0.3 is 6.09 Å². The van der Waals surface area contributed by atoms with Crippen molar-refractivity contribution in [2.75, 3.05) is 18.8 Å². The van der Waals surface area contributed by atoms with Gasteiger partial charge in [0, 0.05) is 36.7 Å². The van der Waals surface area contributed by atoms with E-state index in [4.69, 9.17) is 10.8 Å². The average molecular weight is 377 g/mol. The lowest BCUT2D eigenvalue weighted by atomic mass is 10.1. The van der Waals surface area contributed by atoms with Crippen LogP contribution >= 0.6 is 0 Å². The first-order valence-electron chi connectivity index (χ1n) is 9.14. The Labute approximate surface area is 159 Å². The Kier molecular flexibility index (Phi) is 3.68. The minimum atomic E-state index is -0.862. The Morgan fingerprint density at radius 3 is 2.96 bits per heavy atom. The second kappa shape index (κ2) is 6.22. The second-order valence-electron chi connectivity index (χ2n) is 7.18. The van der Waals surface area contributed by atoms with Gasteiger partial charge in [0.05, 0.1) is 16.7 Å². The van der Waals surface area contributed by atoms with Crippen molar-refractivity contribution in [2.45, 2.75) is 12.8 Å². The summed E-state index contributed by atoms with van der Waals surface area (Å²) in [5, 5.41) is 17.1. The highest BCUT2D eigenvalue weighted by Gasteiger charge is 2.27. The number of H-pyrrole nitrogens is 2. The molecule has 0 spiro atoms. The molecule has 5 rings (SSSR count). The quantitative estimate of drug-likeness (QED) is 0.433. The molecule has 0 saturated carbocycles. The van der Waals surface area contributed by atoms with Gasteiger partial charge in [-0.2, -0.15) is 5.10 Å². The molecule has 4 heterocycles. The molecule has 0 aliphatic carbocycles. The standard InChI is InChI=1S/C19H19N7O2/c20-18-17-16(23-15(24-17)7-10-4-6-26(9-10)19(27)28)12-2-1-11(8-14(12)22-18)13-3-5-21-25-13/h1-3,5,8,10H,4,6-7,9H2,(H2,20,22)(H,21,25)(H,23,24)(H,27,28). The van der Waals surface area contributed by atoms with Crippen LogP contribution in [0.25, 0.3) is 33.2 Å². The van der Waals surface area contributed by atoms with E-state index in [9.17, 15) is 4.79 Å². The topological polar surface area (TPSA) is 137 Å². The van der Waals surface area contributed by atoms with Gasteiger partial charge in [0.25, 0.3) is 0 Å². The van der Waals surface area contributed by atoms with E-state index >= 15 is 0 Å². The molecular formula is C19H19N7O2. The van der Waals surface area contributed by atoms with Gasteiger partial charge in [-0.1, -0.05) is 6.07 Å². The zero-order chi connectivity index (χ0) is 19.3. The Hall–Kier alpha value is -3.62. The summed E-state index contributed by atoms with van der Waals surface area (Å²) in [4.78, 5) is 25.1. The number of amides is 1. The lowest BCUT2D eigenvalue weighted by Gasteiger charge is -2.11. The summed E-state index contributed by atoms with van der Waals surface area (Å²) in [5.74, 6) is 1.44. The molecule has 1 saturated heterocycles. The molecule has 9 nitrogen and oxygen atoms in total. The highest BCUT2D eigenvalue weighted by Crippen LogP contribution is 2.30. The van der Waals surface area contributed by atoms with Crippen molar-refractivity contribution >= 4 is 33.8 Å². The van der Waals surface area contributed by atoms with Gasteiger partial charge in [-0.05, 0) is 30.5 Å². The van der Waals surface area contributed by atoms with Crippen molar-refractivity contribution in [2.24, 2.45) is 5.92 Å². The molecular weight excluding hydrogens is 358 g/mol. The smallest absolute Gasteiger partial charge is 0.407 e. The minimum absolute atomic E-state index is 0.253. The molecule has 1 fully saturated rings. The van der Waals surface area contributed by atoms with E-state index in [2.05, 4.69) is 25.1 Å². The van der Waals surface area contributed by atoms with Crippen LogP contribution in [-0.2, 0) is 6.42 Å². The van der Waals surface area contributed by atoms with Crippen LogP contribution in [0.1, 0.15) is 12.2 Å². The summed E-state index contributed by atoms with van der Waals surface area (Å²) in [6.45, 7) is 1.11. The van der Waals surface area contributed by atoms with Crippen molar-refractivity contribution in [3.63, 3.8) is 0 Å². The molecule has 1 amide bonds. The van der Waals surface area contributed by atoms with Crippen molar-refractivity contribution in [1.82, 2.24) is 30.0 Å². The number of carbonyl (C=O) groups is 1. The van der Waals surface area contributed by atoms with Gasteiger partial charge < -0.3 is 20.7 Å². The normalized spacial score (nSPS) is 17.0. The maximum atomic E-state index is 11.1. The van der Waals surface area contributed by atoms with Gasteiger partial charge in [-0.3, -0.25) is 5.10 Å². The number of imidazole rings is 1. The molecule has 142 valence electrons. The predicted octanol–water partition coefficient (Wildman–Crippen LogP) is 2.63. The number of hydrogen-bond donors (Lipinski definition) is 4. The summed E-state index contributed by atoms with van der Waals surface area (Å²) in [6, 6.07) is 7.86. The molecule has 0 bridgehead atoms. The summed E-state index contributed by atoms with van der Waals surface area (Å²) in [6.07, 6.45) is 2.44. The van der Waals surface area contributed by atoms with E-state index in [1.807, 2.05) is 24.3 Å². The molecule has 28 heavy (non-hydrogen) atoms. The van der Waals surface area contributed by atoms with Gasteiger partial charge in [0.15, 0.2) is 5.82 Å². The first-order valence-corrected chi connectivity index (χ1v) is 9.14. The number of aromatic nitrogens is 5. The Bertz CT molecular complexity index is 1180. The molecule has 1 aliphatic heterocycles. The number of nitrogens with zero attached hydrogens (tertiary/aromatic N) is 4. The van der Waals surface area contributed by atoms with Crippen LogP contribution in [0.15, 0.2) is 30.5 Å². The van der Waals surface area contributed by atoms with E-state index < -0.39 is 6.09 Å². The van der Waals surface area contributed by atoms with Crippen molar-refractivity contribution in [3.8, 4) is 11.3 Å². The first-order chi connectivity index (χ1) is 13.6. The van der Waals surface area contributed by atoms with Crippen LogP contribution < -0.4 is 5.73 Å². The highest BCUT2D eigenvalue weighted by molar-refractivity contribution is 6.07. The number of rotatable bonds is 3. The van der Waals surface area contributed by atoms with Gasteiger partial charge in [-0.15, -0.1) is 0 Å². The average Bonchev–Trinajstić information content (AvgIpc) is 3.42. The maximum Gasteiger partial charge on any atom is 0.407 e. The van der Waals surface area contributed by atoms with Gasteiger partial charge in [0.2, 0.25) is 0 Å². The van der Waals surface area contributed by atoms with Gasteiger partial charge in [0.1, 0.15) is 11.3 Å². The number of anilines is 1. The summed E-state index contributed by atoms with van der Waals surface area (Å²) < 4.78 is 0. The Balaban J connectivity index is 1.51. The van der Waals surface area contributed by atoms with Crippen molar-refractivity contribution in [1.29, 1.82) is 0 Å². The zero-order valence-corrected chi connectivity index (χ0v) is 15.0. The number of benzene rings is 1. The third-order valence-corrected chi connectivity index (χ3v) is 5.34. The monoisotopic (exact) mass is 377 g/mol. The molecule has 1 atom stereocenters. The second-order valence-corrected chi connectivity index (χ2v) is 7.18. The number of carboxylic acid groups (broad SMARTS) is 1. The fourth-order valence-electron chi connectivity index (χ4n) is 3.94. The van der Waals surface area contributed by atoms with E-state index in [-0.39, 0.29) is 5.92 Å². The largest absolute Gasteiger partial charge is 0.465 e. The predicted molar refractivity (Wildman–Crippen MR) is 105 cm³/mol. The van der Waals surface area contributed by atoms with Crippen molar-refractivity contribution in [3.05, 3.63) is 36.3 Å². The van der Waals surface area contributed by atoms with Crippen molar-refractivity contribution < 1.29 is 9.90 Å². The molecule has 1 aliphatic rings. The van der Waals surface area contributed by atoms with Gasteiger partial charge in [-0.25, -0.2) is 14.8 Å². The highest BCUT2D eigenvalue weighted by atomic mass is 16.4. The van der Waals surface area contributed by atoms with Crippen LogP contribution in [0.2, 0.25) is 0 Å². The first kappa shape index (κ1) is 16.5. The fourth-order valence-corrected chi connectivity index (χ4v) is 3.94. The SMILES string of the molecule is Nc1nc2cc(-c3cc[nH]n3)ccc2c2[nH]c(CC3CCN(C(=O)O)C3)nc12. The van der Waals surface area contributed by atoms with Crippen LogP contribution in [0, 0.1) is 5.92 Å². The molecule has 4 aromatic rings. The molecule has 0 radical (unpaired) electrons. The number of nitrogen functional groups attached to an aromatic ring is 1. The van der Waals surface area contributed by atoms with E-state index in [1.54, 1.807) is 6.20 Å². The minimum Gasteiger partial charge on any atom is -0.465 e. The Morgan fingerprint density at radius 2 is 2.21 bits per heavy atom. The number of nitrogens with two attached hydrogens (primary N) is 1. The van der Waals surface area contributed by atoms with Crippen LogP contribution in [0.3, 0.4) is 0 Å². The van der Waals surface area contributed by atoms with E-state index in [0.29, 0.717) is 30.8 Å². The summed E-state index contributed by atoms with van der Waals surface area (Å²) in [7, 11) is 0.